The van der Waals surface area contributed by atoms with Gasteiger partial charge in [0, 0.05) is 19.8 Å². The van der Waals surface area contributed by atoms with Crippen LogP contribution in [0.3, 0.4) is 0 Å². The molecule has 2 aromatic heterocycles. The predicted octanol–water partition coefficient (Wildman–Crippen LogP) is 2.44. The summed E-state index contributed by atoms with van der Waals surface area (Å²) in [4.78, 5) is 35.1. The molecule has 0 radical (unpaired) electrons. The number of hydrogen-bond donors (Lipinski definition) is 2. The maximum atomic E-state index is 13.4. The van der Waals surface area contributed by atoms with Crippen molar-refractivity contribution in [1.82, 2.24) is 24.8 Å². The largest absolute Gasteiger partial charge is 0.340 e. The normalized spacial score (nSPS) is 16.7. The molecule has 0 aliphatic carbocycles. The first kappa shape index (κ1) is 20.3. The van der Waals surface area contributed by atoms with Gasteiger partial charge >= 0.3 is 0 Å². The van der Waals surface area contributed by atoms with Crippen LogP contribution in [-0.4, -0.2) is 45.5 Å². The van der Waals surface area contributed by atoms with E-state index in [4.69, 9.17) is 0 Å². The number of amides is 1. The summed E-state index contributed by atoms with van der Waals surface area (Å²) in [6.45, 7) is 4.47. The molecule has 0 bridgehead atoms. The molecule has 2 N–H and O–H groups in total. The van der Waals surface area contributed by atoms with E-state index in [0.29, 0.717) is 34.9 Å². The summed E-state index contributed by atoms with van der Waals surface area (Å²) >= 11 is 0. The minimum absolute atomic E-state index is 0.186. The van der Waals surface area contributed by atoms with Crippen LogP contribution in [0, 0.1) is 18.7 Å². The zero-order valence-electron chi connectivity index (χ0n) is 17.2. The number of carbonyl (C=O) groups excluding carboxylic acids is 1. The number of hydrogen-bond acceptors (Lipinski definition) is 4. The van der Waals surface area contributed by atoms with E-state index in [1.807, 2.05) is 6.07 Å². The fourth-order valence-electron chi connectivity index (χ4n) is 4.02. The highest BCUT2D eigenvalue weighted by molar-refractivity contribution is 5.95. The Labute approximate surface area is 173 Å². The van der Waals surface area contributed by atoms with E-state index in [1.165, 1.54) is 17.0 Å². The zero-order chi connectivity index (χ0) is 21.3. The lowest BCUT2D eigenvalue weighted by molar-refractivity contribution is 0.0778. The van der Waals surface area contributed by atoms with Gasteiger partial charge in [-0.3, -0.25) is 9.59 Å². The van der Waals surface area contributed by atoms with Gasteiger partial charge in [0.25, 0.3) is 11.5 Å². The number of rotatable bonds is 5. The standard InChI is InChI=1S/C22H26FN5O2/c1-14-7-9-28(12-15-4-3-8-24-11-15)22(30)20(14)21(29)27(2)13-19-25-17-6-5-16(23)10-18(17)26-19/h5-7,9-10,15,24H,3-4,8,11-13H2,1-2H3,(H,25,26). The Morgan fingerprint density at radius 2 is 2.20 bits per heavy atom. The van der Waals surface area contributed by atoms with E-state index in [0.717, 1.165) is 25.9 Å². The highest BCUT2D eigenvalue weighted by atomic mass is 19.1. The fraction of sp³-hybridized carbons (Fsp3) is 0.409. The molecule has 1 aliphatic heterocycles. The van der Waals surface area contributed by atoms with Gasteiger partial charge < -0.3 is 19.8 Å². The Hall–Kier alpha value is -3.00. The van der Waals surface area contributed by atoms with Crippen LogP contribution in [0.15, 0.2) is 35.3 Å². The molecule has 0 spiro atoms. The van der Waals surface area contributed by atoms with Crippen LogP contribution in [0.5, 0.6) is 0 Å². The van der Waals surface area contributed by atoms with E-state index >= 15 is 0 Å². The molecule has 1 aromatic carbocycles. The second kappa shape index (κ2) is 8.39. The summed E-state index contributed by atoms with van der Waals surface area (Å²) in [5.74, 6) is 0.223. The number of piperidine rings is 1. The molecule has 1 aliphatic rings. The molecule has 3 heterocycles. The second-order valence-corrected chi connectivity index (χ2v) is 8.05. The Morgan fingerprint density at radius 1 is 1.37 bits per heavy atom. The smallest absolute Gasteiger partial charge is 0.263 e. The van der Waals surface area contributed by atoms with Crippen molar-refractivity contribution in [1.29, 1.82) is 0 Å². The average Bonchev–Trinajstić information content (AvgIpc) is 3.12. The maximum Gasteiger partial charge on any atom is 0.263 e. The number of nitrogens with zero attached hydrogens (tertiary/aromatic N) is 3. The third-order valence-corrected chi connectivity index (χ3v) is 5.67. The van der Waals surface area contributed by atoms with Crippen LogP contribution in [0.1, 0.15) is 34.6 Å². The van der Waals surface area contributed by atoms with Gasteiger partial charge in [0.1, 0.15) is 17.2 Å². The van der Waals surface area contributed by atoms with Gasteiger partial charge in [-0.2, -0.15) is 0 Å². The number of aromatic amines is 1. The highest BCUT2D eigenvalue weighted by Gasteiger charge is 2.22. The molecule has 4 rings (SSSR count). The molecule has 1 fully saturated rings. The van der Waals surface area contributed by atoms with Gasteiger partial charge in [0.05, 0.1) is 17.6 Å². The molecule has 1 atom stereocenters. The van der Waals surface area contributed by atoms with Crippen molar-refractivity contribution in [3.05, 3.63) is 63.6 Å². The fourth-order valence-corrected chi connectivity index (χ4v) is 4.02. The van der Waals surface area contributed by atoms with Crippen molar-refractivity contribution in [2.24, 2.45) is 5.92 Å². The Bertz CT molecular complexity index is 1130. The number of nitrogens with one attached hydrogen (secondary N) is 2. The molecule has 1 unspecified atom stereocenters. The highest BCUT2D eigenvalue weighted by Crippen LogP contribution is 2.16. The van der Waals surface area contributed by atoms with E-state index in [-0.39, 0.29) is 29.4 Å². The van der Waals surface area contributed by atoms with Gasteiger partial charge in [-0.1, -0.05) is 0 Å². The lowest BCUT2D eigenvalue weighted by atomic mass is 9.99. The lowest BCUT2D eigenvalue weighted by Gasteiger charge is -2.24. The van der Waals surface area contributed by atoms with Crippen LogP contribution in [0.25, 0.3) is 11.0 Å². The van der Waals surface area contributed by atoms with Gasteiger partial charge in [0.15, 0.2) is 0 Å². The average molecular weight is 411 g/mol. The molecule has 8 heteroatoms. The summed E-state index contributed by atoms with van der Waals surface area (Å²) in [6, 6.07) is 6.13. The number of carbonyl (C=O) groups is 1. The predicted molar refractivity (Wildman–Crippen MR) is 113 cm³/mol. The first-order chi connectivity index (χ1) is 14.4. The van der Waals surface area contributed by atoms with Gasteiger partial charge in [-0.25, -0.2) is 9.37 Å². The van der Waals surface area contributed by atoms with Crippen molar-refractivity contribution >= 4 is 16.9 Å². The van der Waals surface area contributed by atoms with Crippen molar-refractivity contribution in [3.63, 3.8) is 0 Å². The minimum atomic E-state index is -0.351. The quantitative estimate of drug-likeness (QED) is 0.676. The van der Waals surface area contributed by atoms with Gasteiger partial charge in [-0.05, 0) is 68.6 Å². The Morgan fingerprint density at radius 3 is 2.97 bits per heavy atom. The molecular weight excluding hydrogens is 385 g/mol. The summed E-state index contributed by atoms with van der Waals surface area (Å²) in [6.07, 6.45) is 3.95. The summed E-state index contributed by atoms with van der Waals surface area (Å²) < 4.78 is 15.0. The number of H-pyrrole nitrogens is 1. The molecule has 30 heavy (non-hydrogen) atoms. The Kier molecular flexibility index (Phi) is 5.67. The molecular formula is C22H26FN5O2. The summed E-state index contributed by atoms with van der Waals surface area (Å²) in [7, 11) is 1.64. The molecule has 7 nitrogen and oxygen atoms in total. The molecule has 3 aromatic rings. The van der Waals surface area contributed by atoms with Crippen LogP contribution >= 0.6 is 0 Å². The van der Waals surface area contributed by atoms with Crippen molar-refractivity contribution < 1.29 is 9.18 Å². The van der Waals surface area contributed by atoms with Crippen LogP contribution in [0.4, 0.5) is 4.39 Å². The molecule has 158 valence electrons. The van der Waals surface area contributed by atoms with Crippen LogP contribution in [-0.2, 0) is 13.1 Å². The monoisotopic (exact) mass is 411 g/mol. The lowest BCUT2D eigenvalue weighted by Crippen LogP contribution is -2.38. The number of aromatic nitrogens is 3. The number of imidazole rings is 1. The number of pyridine rings is 1. The summed E-state index contributed by atoms with van der Waals surface area (Å²) in [5.41, 5.74) is 1.79. The molecule has 1 saturated heterocycles. The van der Waals surface area contributed by atoms with Gasteiger partial charge in [-0.15, -0.1) is 0 Å². The van der Waals surface area contributed by atoms with Crippen molar-refractivity contribution in [2.75, 3.05) is 20.1 Å². The number of halogens is 1. The Balaban J connectivity index is 1.55. The van der Waals surface area contributed by atoms with Crippen molar-refractivity contribution in [3.8, 4) is 0 Å². The second-order valence-electron chi connectivity index (χ2n) is 8.05. The number of fused-ring (bicyclic) bond motifs is 1. The van der Waals surface area contributed by atoms with E-state index in [1.54, 1.807) is 30.8 Å². The molecule has 1 amide bonds. The third-order valence-electron chi connectivity index (χ3n) is 5.67. The van der Waals surface area contributed by atoms with Gasteiger partial charge in [0.2, 0.25) is 0 Å². The SMILES string of the molecule is Cc1ccn(CC2CCCNC2)c(=O)c1C(=O)N(C)Cc1nc2ccc(F)cc2[nH]1. The zero-order valence-corrected chi connectivity index (χ0v) is 17.2. The van der Waals surface area contributed by atoms with Crippen LogP contribution in [0.2, 0.25) is 0 Å². The first-order valence-electron chi connectivity index (χ1n) is 10.2. The molecule has 0 saturated carbocycles. The minimum Gasteiger partial charge on any atom is -0.340 e. The number of aryl methyl sites for hydroxylation is 1. The van der Waals surface area contributed by atoms with E-state index < -0.39 is 0 Å². The third kappa shape index (κ3) is 4.14. The van der Waals surface area contributed by atoms with E-state index in [2.05, 4.69) is 15.3 Å². The number of benzene rings is 1. The van der Waals surface area contributed by atoms with Crippen molar-refractivity contribution in [2.45, 2.75) is 32.9 Å². The van der Waals surface area contributed by atoms with E-state index in [9.17, 15) is 14.0 Å². The first-order valence-corrected chi connectivity index (χ1v) is 10.2. The summed E-state index contributed by atoms with van der Waals surface area (Å²) in [5, 5.41) is 3.36. The topological polar surface area (TPSA) is 83.0 Å². The maximum absolute atomic E-state index is 13.4. The van der Waals surface area contributed by atoms with Crippen LogP contribution < -0.4 is 10.9 Å².